The Morgan fingerprint density at radius 3 is 2.79 bits per heavy atom. The van der Waals surface area contributed by atoms with E-state index in [-0.39, 0.29) is 11.5 Å². The molecular formula is C12H16O2. The molecule has 1 aliphatic carbocycles. The smallest absolute Gasteiger partial charge is 0.119 e. The number of aliphatic hydroxyl groups excluding tert-OH is 1. The summed E-state index contributed by atoms with van der Waals surface area (Å²) < 4.78 is 5.14. The van der Waals surface area contributed by atoms with Crippen molar-refractivity contribution in [1.82, 2.24) is 0 Å². The highest BCUT2D eigenvalue weighted by atomic mass is 16.5. The Labute approximate surface area is 84.5 Å². The van der Waals surface area contributed by atoms with Gasteiger partial charge in [-0.15, -0.1) is 0 Å². The van der Waals surface area contributed by atoms with Gasteiger partial charge in [0.25, 0.3) is 0 Å². The number of rotatable bonds is 1. The summed E-state index contributed by atoms with van der Waals surface area (Å²) in [6, 6.07) is 5.94. The van der Waals surface area contributed by atoms with Crippen LogP contribution in [0.1, 0.15) is 31.1 Å². The molecule has 0 radical (unpaired) electrons. The van der Waals surface area contributed by atoms with Gasteiger partial charge in [0, 0.05) is 0 Å². The van der Waals surface area contributed by atoms with Gasteiger partial charge < -0.3 is 9.84 Å². The Morgan fingerprint density at radius 1 is 1.43 bits per heavy atom. The average Bonchev–Trinajstić information content (AvgIpc) is 2.38. The van der Waals surface area contributed by atoms with E-state index < -0.39 is 0 Å². The van der Waals surface area contributed by atoms with Crippen molar-refractivity contribution >= 4 is 0 Å². The Balaban J connectivity index is 2.45. The summed E-state index contributed by atoms with van der Waals surface area (Å²) in [7, 11) is 1.65. The molecule has 2 heteroatoms. The van der Waals surface area contributed by atoms with Crippen molar-refractivity contribution in [2.75, 3.05) is 7.11 Å². The van der Waals surface area contributed by atoms with Crippen LogP contribution in [0.5, 0.6) is 5.75 Å². The van der Waals surface area contributed by atoms with Gasteiger partial charge in [0.05, 0.1) is 13.2 Å². The standard InChI is InChI=1S/C12H16O2/c1-12(2)7-8-4-5-9(14-3)6-10(8)11(12)13/h4-6,11,13H,7H2,1-3H3. The van der Waals surface area contributed by atoms with E-state index in [4.69, 9.17) is 4.74 Å². The molecular weight excluding hydrogens is 176 g/mol. The van der Waals surface area contributed by atoms with E-state index in [1.807, 2.05) is 18.2 Å². The van der Waals surface area contributed by atoms with Crippen LogP contribution in [0.25, 0.3) is 0 Å². The van der Waals surface area contributed by atoms with Crippen LogP contribution in [0.2, 0.25) is 0 Å². The van der Waals surface area contributed by atoms with E-state index >= 15 is 0 Å². The van der Waals surface area contributed by atoms with Gasteiger partial charge in [0.15, 0.2) is 0 Å². The molecule has 0 bridgehead atoms. The van der Waals surface area contributed by atoms with Crippen LogP contribution < -0.4 is 4.74 Å². The monoisotopic (exact) mass is 192 g/mol. The normalized spacial score (nSPS) is 23.3. The third kappa shape index (κ3) is 1.30. The number of hydrogen-bond acceptors (Lipinski definition) is 2. The Hall–Kier alpha value is -1.02. The van der Waals surface area contributed by atoms with Crippen LogP contribution in [0, 0.1) is 5.41 Å². The molecule has 0 fully saturated rings. The van der Waals surface area contributed by atoms with E-state index in [1.54, 1.807) is 7.11 Å². The van der Waals surface area contributed by atoms with Crippen molar-refractivity contribution in [2.45, 2.75) is 26.4 Å². The summed E-state index contributed by atoms with van der Waals surface area (Å²) in [5, 5.41) is 10.1. The minimum atomic E-state index is -0.368. The summed E-state index contributed by atoms with van der Waals surface area (Å²) in [6.45, 7) is 4.17. The van der Waals surface area contributed by atoms with Crippen LogP contribution in [-0.2, 0) is 6.42 Å². The predicted octanol–water partition coefficient (Wildman–Crippen LogP) is 2.31. The zero-order valence-electron chi connectivity index (χ0n) is 8.87. The fraction of sp³-hybridized carbons (Fsp3) is 0.500. The second-order valence-electron chi connectivity index (χ2n) is 4.63. The van der Waals surface area contributed by atoms with Gasteiger partial charge in [-0.05, 0) is 35.1 Å². The fourth-order valence-electron chi connectivity index (χ4n) is 2.12. The maximum absolute atomic E-state index is 10.1. The summed E-state index contributed by atoms with van der Waals surface area (Å²) in [5.41, 5.74) is 2.21. The first kappa shape index (κ1) is 9.53. The lowest BCUT2D eigenvalue weighted by molar-refractivity contribution is 0.0665. The van der Waals surface area contributed by atoms with Gasteiger partial charge in [-0.2, -0.15) is 0 Å². The third-order valence-corrected chi connectivity index (χ3v) is 3.03. The van der Waals surface area contributed by atoms with Gasteiger partial charge in [-0.25, -0.2) is 0 Å². The van der Waals surface area contributed by atoms with Gasteiger partial charge in [0.1, 0.15) is 5.75 Å². The number of ether oxygens (including phenoxy) is 1. The largest absolute Gasteiger partial charge is 0.497 e. The van der Waals surface area contributed by atoms with Crippen molar-refractivity contribution in [3.8, 4) is 5.75 Å². The first-order chi connectivity index (χ1) is 6.54. The molecule has 0 saturated heterocycles. The molecule has 0 aromatic heterocycles. The molecule has 14 heavy (non-hydrogen) atoms. The lowest BCUT2D eigenvalue weighted by atomic mass is 9.88. The van der Waals surface area contributed by atoms with E-state index in [9.17, 15) is 5.11 Å². The van der Waals surface area contributed by atoms with Crippen molar-refractivity contribution in [3.63, 3.8) is 0 Å². The maximum Gasteiger partial charge on any atom is 0.119 e. The van der Waals surface area contributed by atoms with Crippen LogP contribution in [-0.4, -0.2) is 12.2 Å². The number of fused-ring (bicyclic) bond motifs is 1. The van der Waals surface area contributed by atoms with Gasteiger partial charge in [-0.3, -0.25) is 0 Å². The minimum Gasteiger partial charge on any atom is -0.497 e. The van der Waals surface area contributed by atoms with Crippen molar-refractivity contribution < 1.29 is 9.84 Å². The molecule has 76 valence electrons. The molecule has 2 nitrogen and oxygen atoms in total. The summed E-state index contributed by atoms with van der Waals surface area (Å²) in [4.78, 5) is 0. The zero-order chi connectivity index (χ0) is 10.3. The summed E-state index contributed by atoms with van der Waals surface area (Å²) >= 11 is 0. The minimum absolute atomic E-state index is 0.0469. The third-order valence-electron chi connectivity index (χ3n) is 3.03. The number of aliphatic hydroxyl groups is 1. The van der Waals surface area contributed by atoms with E-state index in [2.05, 4.69) is 13.8 Å². The molecule has 0 saturated carbocycles. The van der Waals surface area contributed by atoms with Crippen molar-refractivity contribution in [3.05, 3.63) is 29.3 Å². The molecule has 0 spiro atoms. The van der Waals surface area contributed by atoms with Crippen LogP contribution >= 0.6 is 0 Å². The average molecular weight is 192 g/mol. The Bertz CT molecular complexity index is 355. The Morgan fingerprint density at radius 2 is 2.14 bits per heavy atom. The van der Waals surface area contributed by atoms with E-state index in [0.717, 1.165) is 17.7 Å². The highest BCUT2D eigenvalue weighted by Gasteiger charge is 2.37. The molecule has 1 aromatic rings. The van der Waals surface area contributed by atoms with Crippen LogP contribution in [0.3, 0.4) is 0 Å². The second kappa shape index (κ2) is 2.99. The SMILES string of the molecule is COc1ccc2c(c1)C(O)C(C)(C)C2. The lowest BCUT2D eigenvalue weighted by Gasteiger charge is -2.22. The molecule has 0 heterocycles. The summed E-state index contributed by atoms with van der Waals surface area (Å²) in [5.74, 6) is 0.820. The number of methoxy groups -OCH3 is 1. The van der Waals surface area contributed by atoms with Gasteiger partial charge in [-0.1, -0.05) is 19.9 Å². The fourth-order valence-corrected chi connectivity index (χ4v) is 2.12. The predicted molar refractivity (Wildman–Crippen MR) is 55.4 cm³/mol. The van der Waals surface area contributed by atoms with Crippen LogP contribution in [0.4, 0.5) is 0 Å². The molecule has 2 rings (SSSR count). The highest BCUT2D eigenvalue weighted by Crippen LogP contribution is 2.45. The second-order valence-corrected chi connectivity index (χ2v) is 4.63. The summed E-state index contributed by atoms with van der Waals surface area (Å²) in [6.07, 6.45) is 0.570. The first-order valence-corrected chi connectivity index (χ1v) is 4.89. The van der Waals surface area contributed by atoms with Gasteiger partial charge >= 0.3 is 0 Å². The molecule has 0 amide bonds. The van der Waals surface area contributed by atoms with Crippen molar-refractivity contribution in [2.24, 2.45) is 5.41 Å². The van der Waals surface area contributed by atoms with Crippen molar-refractivity contribution in [1.29, 1.82) is 0 Å². The van der Waals surface area contributed by atoms with Gasteiger partial charge in [0.2, 0.25) is 0 Å². The topological polar surface area (TPSA) is 29.5 Å². The molecule has 0 aliphatic heterocycles. The van der Waals surface area contributed by atoms with E-state index in [0.29, 0.717) is 0 Å². The first-order valence-electron chi connectivity index (χ1n) is 4.89. The Kier molecular flexibility index (Phi) is 2.04. The zero-order valence-corrected chi connectivity index (χ0v) is 8.87. The lowest BCUT2D eigenvalue weighted by Crippen LogP contribution is -2.16. The van der Waals surface area contributed by atoms with Crippen LogP contribution in [0.15, 0.2) is 18.2 Å². The number of benzene rings is 1. The quantitative estimate of drug-likeness (QED) is 0.740. The maximum atomic E-state index is 10.1. The van der Waals surface area contributed by atoms with E-state index in [1.165, 1.54) is 5.56 Å². The molecule has 1 atom stereocenters. The highest BCUT2D eigenvalue weighted by molar-refractivity contribution is 5.41. The molecule has 1 unspecified atom stereocenters. The molecule has 1 aliphatic rings. The number of hydrogen-bond donors (Lipinski definition) is 1. The molecule has 1 aromatic carbocycles. The molecule has 1 N–H and O–H groups in total.